The molecule has 1 aromatic rings. The first kappa shape index (κ1) is 14.1. The van der Waals surface area contributed by atoms with E-state index in [1.54, 1.807) is 0 Å². The Hall–Kier alpha value is -1.30. The van der Waals surface area contributed by atoms with Gasteiger partial charge in [0.25, 0.3) is 0 Å². The van der Waals surface area contributed by atoms with E-state index in [0.29, 0.717) is 15.7 Å². The molecule has 0 radical (unpaired) electrons. The maximum Gasteiger partial charge on any atom is 0.328 e. The van der Waals surface area contributed by atoms with Crippen LogP contribution in [0.15, 0.2) is 18.2 Å². The zero-order valence-electron chi connectivity index (χ0n) is 10.2. The van der Waals surface area contributed by atoms with Crippen molar-refractivity contribution in [3.63, 3.8) is 0 Å². The molecule has 1 aliphatic heterocycles. The lowest BCUT2D eigenvalue weighted by molar-refractivity contribution is -0.119. The number of carbonyl (C=O) groups excluding carboxylic acids is 2. The van der Waals surface area contributed by atoms with Crippen molar-refractivity contribution in [1.29, 1.82) is 0 Å². The van der Waals surface area contributed by atoms with Gasteiger partial charge in [-0.05, 0) is 18.2 Å². The van der Waals surface area contributed by atoms with Crippen molar-refractivity contribution in [3.8, 4) is 0 Å². The van der Waals surface area contributed by atoms with Crippen LogP contribution in [0.5, 0.6) is 0 Å². The second kappa shape index (κ2) is 5.77. The summed E-state index contributed by atoms with van der Waals surface area (Å²) in [5.74, 6) is -0.361. The topological polar surface area (TPSA) is 58.6 Å². The molecule has 0 aliphatic carbocycles. The number of ether oxygens (including phenoxy) is 1. The van der Waals surface area contributed by atoms with Crippen LogP contribution in [0.2, 0.25) is 10.0 Å². The largest absolute Gasteiger partial charge is 0.379 e. The molecule has 3 amide bonds. The van der Waals surface area contributed by atoms with E-state index >= 15 is 0 Å². The van der Waals surface area contributed by atoms with Crippen LogP contribution >= 0.6 is 23.2 Å². The van der Waals surface area contributed by atoms with Crippen molar-refractivity contribution >= 4 is 40.8 Å². The number of anilines is 1. The molecule has 19 heavy (non-hydrogen) atoms. The minimum atomic E-state index is -0.511. The fourth-order valence-electron chi connectivity index (χ4n) is 1.85. The summed E-state index contributed by atoms with van der Waals surface area (Å²) < 4.78 is 5.11. The van der Waals surface area contributed by atoms with Crippen LogP contribution in [-0.4, -0.2) is 31.7 Å². The third kappa shape index (κ3) is 3.18. The SMILES string of the molecule is COC1CNC(=O)N(c2cc(Cl)cc(Cl)c2)C(=O)C1. The molecule has 7 heteroatoms. The summed E-state index contributed by atoms with van der Waals surface area (Å²) in [6.45, 7) is 0.284. The third-order valence-corrected chi connectivity index (χ3v) is 3.21. The molecule has 0 bridgehead atoms. The predicted molar refractivity (Wildman–Crippen MR) is 72.8 cm³/mol. The number of nitrogens with one attached hydrogen (secondary N) is 1. The zero-order chi connectivity index (χ0) is 14.0. The molecule has 1 aliphatic rings. The number of imide groups is 1. The van der Waals surface area contributed by atoms with Gasteiger partial charge >= 0.3 is 6.03 Å². The van der Waals surface area contributed by atoms with E-state index in [1.807, 2.05) is 0 Å². The number of amides is 3. The molecule has 1 saturated heterocycles. The van der Waals surface area contributed by atoms with Crippen LogP contribution in [0.1, 0.15) is 6.42 Å². The van der Waals surface area contributed by atoms with Gasteiger partial charge in [0.1, 0.15) is 0 Å². The normalized spacial score (nSPS) is 20.2. The Labute approximate surface area is 120 Å². The van der Waals surface area contributed by atoms with Gasteiger partial charge in [0, 0.05) is 23.7 Å². The predicted octanol–water partition coefficient (Wildman–Crippen LogP) is 2.45. The summed E-state index contributed by atoms with van der Waals surface area (Å²) in [6, 6.07) is 4.05. The van der Waals surface area contributed by atoms with Gasteiger partial charge in [-0.25, -0.2) is 9.69 Å². The summed E-state index contributed by atoms with van der Waals surface area (Å²) in [7, 11) is 1.50. The van der Waals surface area contributed by atoms with E-state index in [0.717, 1.165) is 4.90 Å². The van der Waals surface area contributed by atoms with E-state index in [2.05, 4.69) is 5.32 Å². The van der Waals surface area contributed by atoms with Gasteiger partial charge in [0.2, 0.25) is 5.91 Å². The quantitative estimate of drug-likeness (QED) is 0.913. The number of methoxy groups -OCH3 is 1. The Morgan fingerprint density at radius 1 is 1.26 bits per heavy atom. The highest BCUT2D eigenvalue weighted by molar-refractivity contribution is 6.35. The van der Waals surface area contributed by atoms with E-state index in [4.69, 9.17) is 27.9 Å². The van der Waals surface area contributed by atoms with Gasteiger partial charge < -0.3 is 10.1 Å². The highest BCUT2D eigenvalue weighted by Gasteiger charge is 2.30. The van der Waals surface area contributed by atoms with Crippen LogP contribution in [0.4, 0.5) is 10.5 Å². The lowest BCUT2D eigenvalue weighted by Crippen LogP contribution is -2.41. The van der Waals surface area contributed by atoms with Gasteiger partial charge in [-0.1, -0.05) is 23.2 Å². The minimum absolute atomic E-state index is 0.110. The molecular formula is C12H12Cl2N2O3. The second-order valence-electron chi connectivity index (χ2n) is 4.10. The van der Waals surface area contributed by atoms with Crippen molar-refractivity contribution in [2.45, 2.75) is 12.5 Å². The number of rotatable bonds is 2. The van der Waals surface area contributed by atoms with E-state index < -0.39 is 6.03 Å². The molecule has 1 aromatic carbocycles. The Morgan fingerprint density at radius 3 is 2.47 bits per heavy atom. The van der Waals surface area contributed by atoms with Crippen LogP contribution < -0.4 is 10.2 Å². The summed E-state index contributed by atoms with van der Waals surface area (Å²) in [6.07, 6.45) is -0.226. The molecule has 1 unspecified atom stereocenters. The number of urea groups is 1. The van der Waals surface area contributed by atoms with Gasteiger partial charge in [-0.3, -0.25) is 4.79 Å². The molecule has 2 rings (SSSR count). The molecule has 0 saturated carbocycles. The zero-order valence-corrected chi connectivity index (χ0v) is 11.7. The molecular weight excluding hydrogens is 291 g/mol. The molecule has 1 heterocycles. The Morgan fingerprint density at radius 2 is 1.89 bits per heavy atom. The molecule has 0 spiro atoms. The summed E-state index contributed by atoms with van der Waals surface area (Å²) in [5.41, 5.74) is 0.344. The summed E-state index contributed by atoms with van der Waals surface area (Å²) in [5, 5.41) is 3.33. The van der Waals surface area contributed by atoms with Crippen molar-refractivity contribution < 1.29 is 14.3 Å². The summed E-state index contributed by atoms with van der Waals surface area (Å²) >= 11 is 11.8. The minimum Gasteiger partial charge on any atom is -0.379 e. The standard InChI is InChI=1S/C12H12Cl2N2O3/c1-19-10-5-11(17)16(12(18)15-6-10)9-3-7(13)2-8(14)4-9/h2-4,10H,5-6H2,1H3,(H,15,18). The molecule has 1 N–H and O–H groups in total. The van der Waals surface area contributed by atoms with Crippen LogP contribution in [0, 0.1) is 0 Å². The number of carbonyl (C=O) groups is 2. The van der Waals surface area contributed by atoms with Gasteiger partial charge in [0.05, 0.1) is 18.2 Å². The lowest BCUT2D eigenvalue weighted by atomic mass is 10.2. The lowest BCUT2D eigenvalue weighted by Gasteiger charge is -2.18. The molecule has 5 nitrogen and oxygen atoms in total. The second-order valence-corrected chi connectivity index (χ2v) is 4.98. The third-order valence-electron chi connectivity index (χ3n) is 2.77. The average Bonchev–Trinajstić information content (AvgIpc) is 2.46. The number of hydrogen-bond acceptors (Lipinski definition) is 3. The first-order valence-corrected chi connectivity index (χ1v) is 6.36. The van der Waals surface area contributed by atoms with E-state index in [9.17, 15) is 9.59 Å². The molecule has 1 atom stereocenters. The van der Waals surface area contributed by atoms with Gasteiger partial charge in [0.15, 0.2) is 0 Å². The molecule has 1 fully saturated rings. The average molecular weight is 303 g/mol. The Kier molecular flexibility index (Phi) is 4.29. The van der Waals surface area contributed by atoms with Crippen molar-refractivity contribution in [2.75, 3.05) is 18.6 Å². The van der Waals surface area contributed by atoms with Crippen molar-refractivity contribution in [1.82, 2.24) is 5.32 Å². The van der Waals surface area contributed by atoms with Gasteiger partial charge in [-0.2, -0.15) is 0 Å². The van der Waals surface area contributed by atoms with Crippen LogP contribution in [0.25, 0.3) is 0 Å². The van der Waals surface area contributed by atoms with Crippen LogP contribution in [-0.2, 0) is 9.53 Å². The number of nitrogens with zero attached hydrogens (tertiary/aromatic N) is 1. The maximum absolute atomic E-state index is 12.1. The first-order valence-electron chi connectivity index (χ1n) is 5.61. The molecule has 0 aromatic heterocycles. The Balaban J connectivity index is 2.35. The van der Waals surface area contributed by atoms with Gasteiger partial charge in [-0.15, -0.1) is 0 Å². The fourth-order valence-corrected chi connectivity index (χ4v) is 2.36. The number of benzene rings is 1. The number of halogens is 2. The van der Waals surface area contributed by atoms with Crippen LogP contribution in [0.3, 0.4) is 0 Å². The summed E-state index contributed by atoms with van der Waals surface area (Å²) in [4.78, 5) is 25.1. The smallest absolute Gasteiger partial charge is 0.328 e. The first-order chi connectivity index (χ1) is 9.01. The van der Waals surface area contributed by atoms with Crippen molar-refractivity contribution in [2.24, 2.45) is 0 Å². The number of hydrogen-bond donors (Lipinski definition) is 1. The maximum atomic E-state index is 12.1. The molecule has 102 valence electrons. The highest BCUT2D eigenvalue weighted by Crippen LogP contribution is 2.27. The van der Waals surface area contributed by atoms with Crippen molar-refractivity contribution in [3.05, 3.63) is 28.2 Å². The van der Waals surface area contributed by atoms with E-state index in [-0.39, 0.29) is 25.0 Å². The monoisotopic (exact) mass is 302 g/mol. The highest BCUT2D eigenvalue weighted by atomic mass is 35.5. The fraction of sp³-hybridized carbons (Fsp3) is 0.333. The Bertz CT molecular complexity index is 501. The van der Waals surface area contributed by atoms with E-state index in [1.165, 1.54) is 25.3 Å².